The first-order valence-electron chi connectivity index (χ1n) is 6.31. The number of benzene rings is 1. The number of aliphatic hydroxyl groups excluding tert-OH is 1. The van der Waals surface area contributed by atoms with Gasteiger partial charge in [-0.3, -0.25) is 4.79 Å². The molecule has 0 heterocycles. The normalized spacial score (nSPS) is 12.2. The Balaban J connectivity index is 2.15. The van der Waals surface area contributed by atoms with Crippen molar-refractivity contribution in [3.63, 3.8) is 0 Å². The van der Waals surface area contributed by atoms with Crippen LogP contribution >= 0.6 is 11.8 Å². The number of nitrogens with one attached hydrogen (secondary N) is 1. The van der Waals surface area contributed by atoms with Crippen molar-refractivity contribution in [2.45, 2.75) is 19.1 Å². The zero-order valence-corrected chi connectivity index (χ0v) is 11.9. The molecule has 1 unspecified atom stereocenters. The molecule has 1 atom stereocenters. The molecule has 2 N–H and O–H groups in total. The van der Waals surface area contributed by atoms with Crippen molar-refractivity contribution in [2.75, 3.05) is 18.9 Å². The van der Waals surface area contributed by atoms with Crippen molar-refractivity contribution in [1.82, 2.24) is 5.32 Å². The van der Waals surface area contributed by atoms with Gasteiger partial charge in [-0.2, -0.15) is 0 Å². The molecule has 5 heteroatoms. The van der Waals surface area contributed by atoms with Gasteiger partial charge in [0.1, 0.15) is 5.82 Å². The maximum absolute atomic E-state index is 12.7. The molecule has 0 aliphatic rings. The highest BCUT2D eigenvalue weighted by atomic mass is 32.2. The van der Waals surface area contributed by atoms with Crippen molar-refractivity contribution in [2.24, 2.45) is 5.92 Å². The van der Waals surface area contributed by atoms with E-state index < -0.39 is 0 Å². The zero-order chi connectivity index (χ0) is 14.1. The second-order valence-corrected chi connectivity index (χ2v) is 5.53. The first-order chi connectivity index (χ1) is 9.11. The lowest BCUT2D eigenvalue weighted by Gasteiger charge is -2.10. The molecule has 1 aromatic rings. The Morgan fingerprint density at radius 1 is 1.42 bits per heavy atom. The number of rotatable bonds is 8. The Bertz CT molecular complexity index is 384. The smallest absolute Gasteiger partial charge is 0.230 e. The Labute approximate surface area is 117 Å². The highest BCUT2D eigenvalue weighted by molar-refractivity contribution is 7.99. The fourth-order valence-electron chi connectivity index (χ4n) is 1.50. The van der Waals surface area contributed by atoms with Gasteiger partial charge in [-0.15, -0.1) is 11.8 Å². The second kappa shape index (κ2) is 8.93. The van der Waals surface area contributed by atoms with Crippen LogP contribution in [-0.4, -0.2) is 29.9 Å². The van der Waals surface area contributed by atoms with Crippen LogP contribution in [-0.2, 0) is 10.5 Å². The summed E-state index contributed by atoms with van der Waals surface area (Å²) in [5, 5.41) is 11.6. The molecule has 0 aliphatic heterocycles. The monoisotopic (exact) mass is 285 g/mol. The maximum atomic E-state index is 12.7. The van der Waals surface area contributed by atoms with Crippen LogP contribution < -0.4 is 5.32 Å². The van der Waals surface area contributed by atoms with Gasteiger partial charge in [0.25, 0.3) is 0 Å². The molecule has 0 bridgehead atoms. The molecule has 0 aliphatic carbocycles. The lowest BCUT2D eigenvalue weighted by atomic mass is 10.1. The quantitative estimate of drug-likeness (QED) is 0.770. The third-order valence-electron chi connectivity index (χ3n) is 2.68. The third-order valence-corrected chi connectivity index (χ3v) is 3.69. The first-order valence-corrected chi connectivity index (χ1v) is 7.47. The molecule has 1 amide bonds. The van der Waals surface area contributed by atoms with E-state index in [9.17, 15) is 9.18 Å². The summed E-state index contributed by atoms with van der Waals surface area (Å²) in [6, 6.07) is 6.30. The summed E-state index contributed by atoms with van der Waals surface area (Å²) in [6.07, 6.45) is 0.697. The van der Waals surface area contributed by atoms with Gasteiger partial charge in [-0.1, -0.05) is 19.1 Å². The fourth-order valence-corrected chi connectivity index (χ4v) is 2.32. The minimum Gasteiger partial charge on any atom is -0.396 e. The average Bonchev–Trinajstić information content (AvgIpc) is 2.39. The minimum absolute atomic E-state index is 0.00287. The number of carbonyl (C=O) groups is 1. The number of hydrogen-bond donors (Lipinski definition) is 2. The van der Waals surface area contributed by atoms with Crippen LogP contribution in [0, 0.1) is 11.7 Å². The van der Waals surface area contributed by atoms with Crippen LogP contribution in [0.25, 0.3) is 0 Å². The van der Waals surface area contributed by atoms with Crippen molar-refractivity contribution in [1.29, 1.82) is 0 Å². The molecule has 0 saturated heterocycles. The number of thioether (sulfide) groups is 1. The first kappa shape index (κ1) is 16.0. The van der Waals surface area contributed by atoms with Crippen molar-refractivity contribution < 1.29 is 14.3 Å². The SMILES string of the molecule is CC(CCO)CNC(=O)CSCc1ccc(F)cc1. The Kier molecular flexibility index (Phi) is 7.52. The number of hydrogen-bond acceptors (Lipinski definition) is 3. The van der Waals surface area contributed by atoms with E-state index in [0.29, 0.717) is 24.5 Å². The second-order valence-electron chi connectivity index (χ2n) is 4.54. The number of halogens is 1. The standard InChI is InChI=1S/C14H20FNO2S/c1-11(6-7-17)8-16-14(18)10-19-9-12-2-4-13(15)5-3-12/h2-5,11,17H,6-10H2,1H3,(H,16,18). The van der Waals surface area contributed by atoms with Crippen LogP contribution in [0.2, 0.25) is 0 Å². The predicted octanol–water partition coefficient (Wildman–Crippen LogP) is 2.19. The lowest BCUT2D eigenvalue weighted by Crippen LogP contribution is -2.30. The summed E-state index contributed by atoms with van der Waals surface area (Å²) in [7, 11) is 0. The zero-order valence-electron chi connectivity index (χ0n) is 11.1. The van der Waals surface area contributed by atoms with E-state index in [4.69, 9.17) is 5.11 Å². The van der Waals surface area contributed by atoms with Gasteiger partial charge in [0, 0.05) is 18.9 Å². The molecule has 0 spiro atoms. The molecule has 0 saturated carbocycles. The van der Waals surface area contributed by atoms with Gasteiger partial charge in [0.2, 0.25) is 5.91 Å². The van der Waals surface area contributed by atoms with Gasteiger partial charge >= 0.3 is 0 Å². The van der Waals surface area contributed by atoms with E-state index in [1.807, 2.05) is 6.92 Å². The van der Waals surface area contributed by atoms with Crippen LogP contribution in [0.4, 0.5) is 4.39 Å². The summed E-state index contributed by atoms with van der Waals surface area (Å²) in [5.41, 5.74) is 1.01. The summed E-state index contributed by atoms with van der Waals surface area (Å²) in [6.45, 7) is 2.73. The van der Waals surface area contributed by atoms with Gasteiger partial charge in [-0.05, 0) is 30.0 Å². The molecule has 3 nitrogen and oxygen atoms in total. The summed E-state index contributed by atoms with van der Waals surface area (Å²) in [5.74, 6) is 1.13. The molecular formula is C14H20FNO2S. The van der Waals surface area contributed by atoms with Crippen LogP contribution in [0.15, 0.2) is 24.3 Å². The minimum atomic E-state index is -0.246. The Hall–Kier alpha value is -1.07. The van der Waals surface area contributed by atoms with E-state index in [0.717, 1.165) is 5.56 Å². The van der Waals surface area contributed by atoms with Crippen molar-refractivity contribution in [3.05, 3.63) is 35.6 Å². The van der Waals surface area contributed by atoms with Gasteiger partial charge in [-0.25, -0.2) is 4.39 Å². The van der Waals surface area contributed by atoms with Crippen molar-refractivity contribution >= 4 is 17.7 Å². The molecule has 0 radical (unpaired) electrons. The average molecular weight is 285 g/mol. The lowest BCUT2D eigenvalue weighted by molar-refractivity contribution is -0.118. The van der Waals surface area contributed by atoms with Crippen LogP contribution in [0.3, 0.4) is 0 Å². The molecule has 19 heavy (non-hydrogen) atoms. The van der Waals surface area contributed by atoms with E-state index in [1.54, 1.807) is 12.1 Å². The largest absolute Gasteiger partial charge is 0.396 e. The summed E-state index contributed by atoms with van der Waals surface area (Å²) in [4.78, 5) is 11.5. The molecule has 0 fully saturated rings. The topological polar surface area (TPSA) is 49.3 Å². The van der Waals surface area contributed by atoms with E-state index >= 15 is 0 Å². The third kappa shape index (κ3) is 7.18. The maximum Gasteiger partial charge on any atom is 0.230 e. The number of carbonyl (C=O) groups excluding carboxylic acids is 1. The molecule has 106 valence electrons. The van der Waals surface area contributed by atoms with Crippen LogP contribution in [0.1, 0.15) is 18.9 Å². The van der Waals surface area contributed by atoms with E-state index in [2.05, 4.69) is 5.32 Å². The molecule has 1 rings (SSSR count). The Morgan fingerprint density at radius 2 is 2.11 bits per heavy atom. The van der Waals surface area contributed by atoms with E-state index in [-0.39, 0.29) is 24.2 Å². The van der Waals surface area contributed by atoms with Gasteiger partial charge in [0.15, 0.2) is 0 Å². The van der Waals surface area contributed by atoms with Gasteiger partial charge in [0.05, 0.1) is 5.75 Å². The molecule has 1 aromatic carbocycles. The fraction of sp³-hybridized carbons (Fsp3) is 0.500. The van der Waals surface area contributed by atoms with E-state index in [1.165, 1.54) is 23.9 Å². The van der Waals surface area contributed by atoms with Crippen LogP contribution in [0.5, 0.6) is 0 Å². The predicted molar refractivity (Wildman–Crippen MR) is 76.4 cm³/mol. The molecule has 0 aromatic heterocycles. The number of aliphatic hydroxyl groups is 1. The summed E-state index contributed by atoms with van der Waals surface area (Å²) >= 11 is 1.50. The number of amides is 1. The summed E-state index contributed by atoms with van der Waals surface area (Å²) < 4.78 is 12.7. The van der Waals surface area contributed by atoms with Gasteiger partial charge < -0.3 is 10.4 Å². The molecular weight excluding hydrogens is 265 g/mol. The highest BCUT2D eigenvalue weighted by Crippen LogP contribution is 2.12. The highest BCUT2D eigenvalue weighted by Gasteiger charge is 2.05. The Morgan fingerprint density at radius 3 is 2.74 bits per heavy atom. The van der Waals surface area contributed by atoms with Crippen molar-refractivity contribution in [3.8, 4) is 0 Å².